The highest BCUT2D eigenvalue weighted by Gasteiger charge is 2.05. The molecule has 2 rings (SSSR count). The van der Waals surface area contributed by atoms with Crippen LogP contribution in [0.2, 0.25) is 0 Å². The molecule has 2 aromatic rings. The van der Waals surface area contributed by atoms with Crippen molar-refractivity contribution in [3.63, 3.8) is 0 Å². The Hall–Kier alpha value is -1.22. The Morgan fingerprint density at radius 2 is 2.36 bits per heavy atom. The van der Waals surface area contributed by atoms with Gasteiger partial charge in [-0.05, 0) is 24.0 Å². The first kappa shape index (κ1) is 9.34. The molecule has 0 aliphatic rings. The van der Waals surface area contributed by atoms with Crippen LogP contribution in [0, 0.1) is 0 Å². The Morgan fingerprint density at radius 3 is 3.07 bits per heavy atom. The molecule has 1 heterocycles. The van der Waals surface area contributed by atoms with Gasteiger partial charge in [0.15, 0.2) is 6.29 Å². The maximum Gasteiger partial charge on any atom is 0.151 e. The van der Waals surface area contributed by atoms with Crippen molar-refractivity contribution in [3.05, 3.63) is 30.0 Å². The summed E-state index contributed by atoms with van der Waals surface area (Å²) in [5.41, 5.74) is 1.58. The maximum atomic E-state index is 10.8. The van der Waals surface area contributed by atoms with E-state index in [1.165, 1.54) is 0 Å². The lowest BCUT2D eigenvalue weighted by atomic mass is 10.2. The number of hydrogen-bond donors (Lipinski definition) is 0. The standard InChI is InChI=1S/C11H10O2S/c1-2-14-11-6-10-8(3-4-13-10)5-9(11)7-12/h3-7H,2H2,1H3. The lowest BCUT2D eigenvalue weighted by molar-refractivity contribution is 0.112. The molecule has 0 spiro atoms. The number of fused-ring (bicyclic) bond motifs is 1. The molecule has 14 heavy (non-hydrogen) atoms. The van der Waals surface area contributed by atoms with Gasteiger partial charge in [-0.1, -0.05) is 6.92 Å². The molecular weight excluding hydrogens is 196 g/mol. The average Bonchev–Trinajstić information content (AvgIpc) is 2.64. The molecule has 0 aliphatic carbocycles. The number of carbonyl (C=O) groups excluding carboxylic acids is 1. The third kappa shape index (κ3) is 1.55. The second-order valence-corrected chi connectivity index (χ2v) is 4.21. The van der Waals surface area contributed by atoms with Crippen LogP contribution in [0.15, 0.2) is 33.8 Å². The van der Waals surface area contributed by atoms with Crippen LogP contribution in [-0.4, -0.2) is 12.0 Å². The van der Waals surface area contributed by atoms with Crippen LogP contribution in [0.25, 0.3) is 11.0 Å². The van der Waals surface area contributed by atoms with Crippen LogP contribution >= 0.6 is 11.8 Å². The number of carbonyl (C=O) groups is 1. The molecule has 0 aliphatic heterocycles. The van der Waals surface area contributed by atoms with Crippen molar-refractivity contribution in [2.75, 3.05) is 5.75 Å². The van der Waals surface area contributed by atoms with Gasteiger partial charge in [-0.2, -0.15) is 0 Å². The second-order valence-electron chi connectivity index (χ2n) is 2.90. The largest absolute Gasteiger partial charge is 0.464 e. The van der Waals surface area contributed by atoms with E-state index in [1.54, 1.807) is 18.0 Å². The minimum absolute atomic E-state index is 0.741. The summed E-state index contributed by atoms with van der Waals surface area (Å²) in [5, 5.41) is 0.979. The first-order valence-corrected chi connectivity index (χ1v) is 5.43. The predicted octanol–water partition coefficient (Wildman–Crippen LogP) is 3.36. The average molecular weight is 206 g/mol. The highest BCUT2D eigenvalue weighted by Crippen LogP contribution is 2.27. The summed E-state index contributed by atoms with van der Waals surface area (Å²) in [6.45, 7) is 2.06. The highest BCUT2D eigenvalue weighted by molar-refractivity contribution is 7.99. The number of aldehydes is 1. The zero-order chi connectivity index (χ0) is 9.97. The van der Waals surface area contributed by atoms with E-state index in [-0.39, 0.29) is 0 Å². The van der Waals surface area contributed by atoms with Crippen LogP contribution < -0.4 is 0 Å². The van der Waals surface area contributed by atoms with Crippen molar-refractivity contribution in [2.24, 2.45) is 0 Å². The number of benzene rings is 1. The fraction of sp³-hybridized carbons (Fsp3) is 0.182. The summed E-state index contributed by atoms with van der Waals surface area (Å²) in [7, 11) is 0. The van der Waals surface area contributed by atoms with Crippen molar-refractivity contribution in [1.82, 2.24) is 0 Å². The van der Waals surface area contributed by atoms with Crippen molar-refractivity contribution in [2.45, 2.75) is 11.8 Å². The van der Waals surface area contributed by atoms with Crippen molar-refractivity contribution in [1.29, 1.82) is 0 Å². The third-order valence-electron chi connectivity index (χ3n) is 2.01. The van der Waals surface area contributed by atoms with Gasteiger partial charge in [0.1, 0.15) is 5.58 Å². The summed E-state index contributed by atoms with van der Waals surface area (Å²) >= 11 is 1.65. The zero-order valence-corrected chi connectivity index (χ0v) is 8.64. The first-order chi connectivity index (χ1) is 6.85. The Morgan fingerprint density at radius 1 is 1.50 bits per heavy atom. The summed E-state index contributed by atoms with van der Waals surface area (Å²) in [4.78, 5) is 11.8. The minimum Gasteiger partial charge on any atom is -0.464 e. The number of hydrogen-bond acceptors (Lipinski definition) is 3. The van der Waals surface area contributed by atoms with Gasteiger partial charge in [0.2, 0.25) is 0 Å². The molecule has 0 saturated heterocycles. The minimum atomic E-state index is 0.741. The van der Waals surface area contributed by atoms with E-state index in [2.05, 4.69) is 6.92 Å². The van der Waals surface area contributed by atoms with Crippen LogP contribution in [0.1, 0.15) is 17.3 Å². The summed E-state index contributed by atoms with van der Waals surface area (Å²) < 4.78 is 5.28. The molecule has 0 saturated carbocycles. The smallest absolute Gasteiger partial charge is 0.151 e. The van der Waals surface area contributed by atoms with Gasteiger partial charge >= 0.3 is 0 Å². The molecule has 0 radical (unpaired) electrons. The molecule has 0 atom stereocenters. The molecule has 1 aromatic heterocycles. The fourth-order valence-electron chi connectivity index (χ4n) is 1.38. The molecule has 2 nitrogen and oxygen atoms in total. The van der Waals surface area contributed by atoms with Gasteiger partial charge in [-0.25, -0.2) is 0 Å². The normalized spacial score (nSPS) is 10.6. The van der Waals surface area contributed by atoms with E-state index >= 15 is 0 Å². The van der Waals surface area contributed by atoms with Crippen LogP contribution in [0.4, 0.5) is 0 Å². The number of thioether (sulfide) groups is 1. The second kappa shape index (κ2) is 3.88. The maximum absolute atomic E-state index is 10.8. The molecule has 3 heteroatoms. The molecule has 0 N–H and O–H groups in total. The van der Waals surface area contributed by atoms with Crippen LogP contribution in [-0.2, 0) is 0 Å². The summed E-state index contributed by atoms with van der Waals surface area (Å²) in [6, 6.07) is 5.65. The van der Waals surface area contributed by atoms with Crippen molar-refractivity contribution < 1.29 is 9.21 Å². The van der Waals surface area contributed by atoms with Crippen molar-refractivity contribution >= 4 is 29.0 Å². The van der Waals surface area contributed by atoms with Crippen LogP contribution in [0.5, 0.6) is 0 Å². The third-order valence-corrected chi connectivity index (χ3v) is 2.96. The molecule has 0 unspecified atom stereocenters. The predicted molar refractivity (Wildman–Crippen MR) is 58.0 cm³/mol. The van der Waals surface area contributed by atoms with Gasteiger partial charge in [0.25, 0.3) is 0 Å². The topological polar surface area (TPSA) is 30.2 Å². The van der Waals surface area contributed by atoms with Crippen LogP contribution in [0.3, 0.4) is 0 Å². The Kier molecular flexibility index (Phi) is 2.59. The quantitative estimate of drug-likeness (QED) is 0.569. The number of furan rings is 1. The molecule has 0 amide bonds. The van der Waals surface area contributed by atoms with Gasteiger partial charge < -0.3 is 4.42 Å². The van der Waals surface area contributed by atoms with Crippen molar-refractivity contribution in [3.8, 4) is 0 Å². The highest BCUT2D eigenvalue weighted by atomic mass is 32.2. The van der Waals surface area contributed by atoms with E-state index in [4.69, 9.17) is 4.42 Å². The Bertz CT molecular complexity index is 459. The number of rotatable bonds is 3. The molecular formula is C11H10O2S. The van der Waals surface area contributed by atoms with Gasteiger partial charge in [0.05, 0.1) is 6.26 Å². The summed E-state index contributed by atoms with van der Waals surface area (Å²) in [5.74, 6) is 0.951. The molecule has 72 valence electrons. The van der Waals surface area contributed by atoms with E-state index in [0.29, 0.717) is 0 Å². The lowest BCUT2D eigenvalue weighted by Gasteiger charge is -2.01. The van der Waals surface area contributed by atoms with E-state index in [9.17, 15) is 4.79 Å². The fourth-order valence-corrected chi connectivity index (χ4v) is 2.16. The van der Waals surface area contributed by atoms with Gasteiger partial charge in [0, 0.05) is 15.8 Å². The summed E-state index contributed by atoms with van der Waals surface area (Å²) in [6.07, 6.45) is 2.53. The first-order valence-electron chi connectivity index (χ1n) is 4.44. The Balaban J connectivity index is 2.60. The lowest BCUT2D eigenvalue weighted by Crippen LogP contribution is -1.85. The molecule has 0 fully saturated rings. The van der Waals surface area contributed by atoms with Gasteiger partial charge in [-0.3, -0.25) is 4.79 Å². The Labute approximate surface area is 86.3 Å². The van der Waals surface area contributed by atoms with Gasteiger partial charge in [-0.15, -0.1) is 11.8 Å². The monoisotopic (exact) mass is 206 g/mol. The van der Waals surface area contributed by atoms with E-state index in [0.717, 1.165) is 33.5 Å². The zero-order valence-electron chi connectivity index (χ0n) is 7.82. The SMILES string of the molecule is CCSc1cc2occc2cc1C=O. The molecule has 1 aromatic carbocycles. The van der Waals surface area contributed by atoms with E-state index in [1.807, 2.05) is 18.2 Å². The molecule has 0 bridgehead atoms. The van der Waals surface area contributed by atoms with E-state index < -0.39 is 0 Å².